The molecular weight excluding hydrogens is 268 g/mol. The number of hydrogen-bond acceptors (Lipinski definition) is 4. The quantitative estimate of drug-likeness (QED) is 0.758. The molecule has 0 radical (unpaired) electrons. The molecule has 5 heteroatoms. The molecule has 0 saturated carbocycles. The average Bonchev–Trinajstić information content (AvgIpc) is 2.91. The molecular formula is C16H20N2O3. The van der Waals surface area contributed by atoms with Gasteiger partial charge in [0.05, 0.1) is 18.8 Å². The number of carbonyl (C=O) groups is 1. The van der Waals surface area contributed by atoms with E-state index in [0.29, 0.717) is 38.4 Å². The van der Waals surface area contributed by atoms with Crippen LogP contribution in [-0.2, 0) is 22.7 Å². The summed E-state index contributed by atoms with van der Waals surface area (Å²) in [6, 6.07) is 11.8. The fourth-order valence-corrected chi connectivity index (χ4v) is 1.87. The van der Waals surface area contributed by atoms with Gasteiger partial charge in [-0.05, 0) is 18.9 Å². The predicted molar refractivity (Wildman–Crippen MR) is 78.4 cm³/mol. The number of aromatic nitrogens is 1. The molecule has 0 saturated heterocycles. The van der Waals surface area contributed by atoms with Gasteiger partial charge in [-0.25, -0.2) is 0 Å². The first kappa shape index (κ1) is 15.3. The Labute approximate surface area is 124 Å². The van der Waals surface area contributed by atoms with Crippen LogP contribution in [0.25, 0.3) is 0 Å². The van der Waals surface area contributed by atoms with Crippen molar-refractivity contribution in [3.8, 4) is 0 Å². The van der Waals surface area contributed by atoms with Crippen molar-refractivity contribution >= 4 is 5.91 Å². The molecule has 0 fully saturated rings. The van der Waals surface area contributed by atoms with E-state index in [1.54, 1.807) is 0 Å². The molecule has 5 nitrogen and oxygen atoms in total. The molecule has 0 atom stereocenters. The van der Waals surface area contributed by atoms with Crippen LogP contribution in [0.2, 0.25) is 0 Å². The summed E-state index contributed by atoms with van der Waals surface area (Å²) in [5.41, 5.74) is 1.95. The lowest BCUT2D eigenvalue weighted by molar-refractivity contribution is -0.121. The summed E-state index contributed by atoms with van der Waals surface area (Å²) in [7, 11) is 0. The Hall–Kier alpha value is -2.14. The molecule has 1 amide bonds. The minimum absolute atomic E-state index is 0.00707. The van der Waals surface area contributed by atoms with Gasteiger partial charge in [0.15, 0.2) is 5.76 Å². The van der Waals surface area contributed by atoms with Crippen molar-refractivity contribution in [1.82, 2.24) is 10.5 Å². The number of nitrogens with one attached hydrogen (secondary N) is 1. The van der Waals surface area contributed by atoms with Crippen molar-refractivity contribution in [3.63, 3.8) is 0 Å². The highest BCUT2D eigenvalue weighted by Crippen LogP contribution is 2.03. The van der Waals surface area contributed by atoms with Gasteiger partial charge in [-0.3, -0.25) is 4.79 Å². The van der Waals surface area contributed by atoms with Gasteiger partial charge in [-0.1, -0.05) is 35.5 Å². The molecule has 2 rings (SSSR count). The molecule has 1 heterocycles. The number of ether oxygens (including phenoxy) is 1. The van der Waals surface area contributed by atoms with E-state index >= 15 is 0 Å². The van der Waals surface area contributed by atoms with Gasteiger partial charge < -0.3 is 14.6 Å². The number of rotatable bonds is 8. The lowest BCUT2D eigenvalue weighted by Gasteiger charge is -2.05. The van der Waals surface area contributed by atoms with Gasteiger partial charge in [0, 0.05) is 19.1 Å². The maximum atomic E-state index is 11.6. The molecule has 0 aliphatic carbocycles. The fraction of sp³-hybridized carbons (Fsp3) is 0.375. The Morgan fingerprint density at radius 2 is 2.14 bits per heavy atom. The first-order valence-corrected chi connectivity index (χ1v) is 7.04. The molecule has 0 aliphatic rings. The predicted octanol–water partition coefficient (Wildman–Crippen LogP) is 2.60. The number of benzene rings is 1. The van der Waals surface area contributed by atoms with Crippen LogP contribution >= 0.6 is 0 Å². The number of hydrogen-bond donors (Lipinski definition) is 1. The first-order valence-electron chi connectivity index (χ1n) is 7.04. The maximum absolute atomic E-state index is 11.6. The maximum Gasteiger partial charge on any atom is 0.220 e. The monoisotopic (exact) mass is 288 g/mol. The number of nitrogens with zero attached hydrogens (tertiary/aromatic N) is 1. The van der Waals surface area contributed by atoms with E-state index in [-0.39, 0.29) is 5.91 Å². The smallest absolute Gasteiger partial charge is 0.220 e. The van der Waals surface area contributed by atoms with Crippen molar-refractivity contribution in [1.29, 1.82) is 0 Å². The van der Waals surface area contributed by atoms with Crippen LogP contribution in [0.3, 0.4) is 0 Å². The van der Waals surface area contributed by atoms with E-state index in [4.69, 9.17) is 9.26 Å². The molecule has 0 unspecified atom stereocenters. The Balaban J connectivity index is 1.53. The molecule has 2 aromatic rings. The highest BCUT2D eigenvalue weighted by molar-refractivity contribution is 5.75. The zero-order valence-corrected chi connectivity index (χ0v) is 12.2. The van der Waals surface area contributed by atoms with Crippen molar-refractivity contribution in [2.24, 2.45) is 0 Å². The minimum Gasteiger partial charge on any atom is -0.377 e. The van der Waals surface area contributed by atoms with E-state index < -0.39 is 0 Å². The minimum atomic E-state index is -0.00707. The van der Waals surface area contributed by atoms with Crippen molar-refractivity contribution in [3.05, 3.63) is 53.4 Å². The van der Waals surface area contributed by atoms with Crippen LogP contribution in [-0.4, -0.2) is 17.7 Å². The number of aryl methyl sites for hydroxylation is 1. The third-order valence-corrected chi connectivity index (χ3v) is 2.94. The summed E-state index contributed by atoms with van der Waals surface area (Å²) in [6.45, 7) is 3.38. The normalized spacial score (nSPS) is 10.5. The van der Waals surface area contributed by atoms with E-state index in [1.807, 2.05) is 43.3 Å². The van der Waals surface area contributed by atoms with Gasteiger partial charge in [0.1, 0.15) is 0 Å². The van der Waals surface area contributed by atoms with E-state index in [1.165, 1.54) is 0 Å². The molecule has 0 spiro atoms. The number of amides is 1. The highest BCUT2D eigenvalue weighted by atomic mass is 16.5. The molecule has 0 aliphatic heterocycles. The summed E-state index contributed by atoms with van der Waals surface area (Å²) in [5, 5.41) is 6.56. The summed E-state index contributed by atoms with van der Waals surface area (Å²) in [4.78, 5) is 11.6. The van der Waals surface area contributed by atoms with Crippen LogP contribution < -0.4 is 5.32 Å². The second kappa shape index (κ2) is 8.21. The van der Waals surface area contributed by atoms with Crippen LogP contribution in [0.15, 0.2) is 40.9 Å². The molecule has 1 N–H and O–H groups in total. The molecule has 21 heavy (non-hydrogen) atoms. The summed E-state index contributed by atoms with van der Waals surface area (Å²) in [5.74, 6) is 0.661. The third kappa shape index (κ3) is 5.79. The first-order chi connectivity index (χ1) is 10.2. The lowest BCUT2D eigenvalue weighted by Crippen LogP contribution is -2.22. The van der Waals surface area contributed by atoms with E-state index in [0.717, 1.165) is 11.3 Å². The zero-order valence-electron chi connectivity index (χ0n) is 12.2. The standard InChI is InChI=1S/C16H20N2O3/c1-13-10-15(21-18-13)11-17-16(19)8-5-9-20-12-14-6-3-2-4-7-14/h2-4,6-7,10H,5,8-9,11-12H2,1H3,(H,17,19). The summed E-state index contributed by atoms with van der Waals surface area (Å²) >= 11 is 0. The summed E-state index contributed by atoms with van der Waals surface area (Å²) < 4.78 is 10.5. The average molecular weight is 288 g/mol. The third-order valence-electron chi connectivity index (χ3n) is 2.94. The highest BCUT2D eigenvalue weighted by Gasteiger charge is 2.04. The largest absolute Gasteiger partial charge is 0.377 e. The SMILES string of the molecule is Cc1cc(CNC(=O)CCCOCc2ccccc2)on1. The molecule has 1 aromatic heterocycles. The van der Waals surface area contributed by atoms with Gasteiger partial charge in [-0.2, -0.15) is 0 Å². The number of carbonyl (C=O) groups excluding carboxylic acids is 1. The molecule has 0 bridgehead atoms. The van der Waals surface area contributed by atoms with Crippen molar-refractivity contribution < 1.29 is 14.1 Å². The van der Waals surface area contributed by atoms with E-state index in [9.17, 15) is 4.79 Å². The lowest BCUT2D eigenvalue weighted by atomic mass is 10.2. The Bertz CT molecular complexity index is 552. The zero-order chi connectivity index (χ0) is 14.9. The van der Waals surface area contributed by atoms with Gasteiger partial charge in [0.2, 0.25) is 5.91 Å². The second-order valence-electron chi connectivity index (χ2n) is 4.85. The Morgan fingerprint density at radius 1 is 1.33 bits per heavy atom. The van der Waals surface area contributed by atoms with Crippen LogP contribution in [0.1, 0.15) is 29.9 Å². The van der Waals surface area contributed by atoms with Crippen molar-refractivity contribution in [2.75, 3.05) is 6.61 Å². The topological polar surface area (TPSA) is 64.4 Å². The second-order valence-corrected chi connectivity index (χ2v) is 4.85. The summed E-state index contributed by atoms with van der Waals surface area (Å²) in [6.07, 6.45) is 1.15. The van der Waals surface area contributed by atoms with Crippen LogP contribution in [0.4, 0.5) is 0 Å². The molecule has 1 aromatic carbocycles. The van der Waals surface area contributed by atoms with Gasteiger partial charge in [0.25, 0.3) is 0 Å². The Morgan fingerprint density at radius 3 is 2.86 bits per heavy atom. The van der Waals surface area contributed by atoms with Crippen LogP contribution in [0, 0.1) is 6.92 Å². The molecule has 112 valence electrons. The van der Waals surface area contributed by atoms with Crippen LogP contribution in [0.5, 0.6) is 0 Å². The fourth-order valence-electron chi connectivity index (χ4n) is 1.87. The Kier molecular flexibility index (Phi) is 5.97. The van der Waals surface area contributed by atoms with Gasteiger partial charge in [-0.15, -0.1) is 0 Å². The van der Waals surface area contributed by atoms with E-state index in [2.05, 4.69) is 10.5 Å². The van der Waals surface area contributed by atoms with Gasteiger partial charge >= 0.3 is 0 Å². The van der Waals surface area contributed by atoms with Crippen molar-refractivity contribution in [2.45, 2.75) is 32.9 Å².